The van der Waals surface area contributed by atoms with Gasteiger partial charge in [-0.15, -0.1) is 0 Å². The standard InChI is InChI=1S/C14H21FN2O2/c1-8-4-10(12(15)14(19-3)13(8)18)11-5-9(6-16)7-17(11)2/h4,9,11,18H,5-7,16H2,1-3H3. The fourth-order valence-electron chi connectivity index (χ4n) is 2.85. The van der Waals surface area contributed by atoms with Crippen LogP contribution in [0.4, 0.5) is 4.39 Å². The summed E-state index contributed by atoms with van der Waals surface area (Å²) in [5, 5.41) is 9.81. The van der Waals surface area contributed by atoms with E-state index in [9.17, 15) is 9.50 Å². The Balaban J connectivity index is 2.43. The van der Waals surface area contributed by atoms with E-state index < -0.39 is 5.82 Å². The Morgan fingerprint density at radius 3 is 2.79 bits per heavy atom. The number of rotatable bonds is 3. The number of likely N-dealkylation sites (tertiary alicyclic amines) is 1. The van der Waals surface area contributed by atoms with Crippen LogP contribution in [-0.4, -0.2) is 37.3 Å². The number of hydrogen-bond donors (Lipinski definition) is 2. The van der Waals surface area contributed by atoms with Gasteiger partial charge in [-0.1, -0.05) is 0 Å². The van der Waals surface area contributed by atoms with Crippen LogP contribution in [0.2, 0.25) is 0 Å². The molecular formula is C14H21FN2O2. The molecule has 1 aromatic rings. The van der Waals surface area contributed by atoms with E-state index >= 15 is 0 Å². The lowest BCUT2D eigenvalue weighted by Gasteiger charge is -2.22. The minimum absolute atomic E-state index is 0.0123. The molecule has 2 atom stereocenters. The van der Waals surface area contributed by atoms with Gasteiger partial charge in [0.1, 0.15) is 0 Å². The van der Waals surface area contributed by atoms with E-state index in [1.165, 1.54) is 7.11 Å². The first kappa shape index (κ1) is 14.1. The number of benzene rings is 1. The first-order valence-electron chi connectivity index (χ1n) is 6.45. The van der Waals surface area contributed by atoms with Gasteiger partial charge in [0, 0.05) is 18.2 Å². The van der Waals surface area contributed by atoms with E-state index in [1.54, 1.807) is 13.0 Å². The van der Waals surface area contributed by atoms with Gasteiger partial charge in [0.2, 0.25) is 0 Å². The fourth-order valence-corrected chi connectivity index (χ4v) is 2.85. The van der Waals surface area contributed by atoms with Gasteiger partial charge < -0.3 is 15.6 Å². The van der Waals surface area contributed by atoms with Crippen molar-refractivity contribution < 1.29 is 14.2 Å². The summed E-state index contributed by atoms with van der Waals surface area (Å²) in [6.45, 7) is 3.22. The van der Waals surface area contributed by atoms with Crippen molar-refractivity contribution in [3.8, 4) is 11.5 Å². The molecule has 0 radical (unpaired) electrons. The van der Waals surface area contributed by atoms with Gasteiger partial charge in [-0.3, -0.25) is 4.90 Å². The summed E-state index contributed by atoms with van der Waals surface area (Å²) in [7, 11) is 3.33. The Labute approximate surface area is 113 Å². The zero-order valence-corrected chi connectivity index (χ0v) is 11.6. The SMILES string of the molecule is COc1c(O)c(C)cc(C2CC(CN)CN2C)c1F. The maximum absolute atomic E-state index is 14.4. The average Bonchev–Trinajstić information content (AvgIpc) is 2.76. The van der Waals surface area contributed by atoms with Crippen LogP contribution in [-0.2, 0) is 0 Å². The number of aryl methyl sites for hydroxylation is 1. The Bertz CT molecular complexity index is 479. The zero-order valence-electron chi connectivity index (χ0n) is 11.6. The molecule has 0 bridgehead atoms. The number of phenolic OH excluding ortho intramolecular Hbond substituents is 1. The number of methoxy groups -OCH3 is 1. The van der Waals surface area contributed by atoms with Gasteiger partial charge in [0.15, 0.2) is 17.3 Å². The molecule has 1 saturated heterocycles. The van der Waals surface area contributed by atoms with Crippen LogP contribution < -0.4 is 10.5 Å². The second kappa shape index (κ2) is 5.35. The third kappa shape index (κ3) is 2.40. The lowest BCUT2D eigenvalue weighted by Crippen LogP contribution is -2.21. The van der Waals surface area contributed by atoms with Crippen molar-refractivity contribution in [2.75, 3.05) is 27.2 Å². The lowest BCUT2D eigenvalue weighted by molar-refractivity contribution is 0.298. The molecule has 2 unspecified atom stereocenters. The number of hydrogen-bond acceptors (Lipinski definition) is 4. The molecule has 0 amide bonds. The van der Waals surface area contributed by atoms with E-state index in [0.29, 0.717) is 23.6 Å². The lowest BCUT2D eigenvalue weighted by atomic mass is 9.97. The van der Waals surface area contributed by atoms with Crippen molar-refractivity contribution in [2.24, 2.45) is 11.7 Å². The predicted molar refractivity (Wildman–Crippen MR) is 71.9 cm³/mol. The van der Waals surface area contributed by atoms with E-state index in [1.807, 2.05) is 7.05 Å². The van der Waals surface area contributed by atoms with Crippen molar-refractivity contribution >= 4 is 0 Å². The van der Waals surface area contributed by atoms with Crippen LogP contribution in [0.3, 0.4) is 0 Å². The van der Waals surface area contributed by atoms with Crippen LogP contribution in [0.1, 0.15) is 23.6 Å². The Morgan fingerprint density at radius 2 is 2.26 bits per heavy atom. The zero-order chi connectivity index (χ0) is 14.2. The van der Waals surface area contributed by atoms with E-state index in [0.717, 1.165) is 13.0 Å². The molecule has 5 heteroatoms. The first-order chi connectivity index (χ1) is 8.99. The second-order valence-corrected chi connectivity index (χ2v) is 5.27. The molecule has 106 valence electrons. The minimum Gasteiger partial charge on any atom is -0.504 e. The van der Waals surface area contributed by atoms with E-state index in [4.69, 9.17) is 10.5 Å². The molecule has 1 aliphatic rings. The van der Waals surface area contributed by atoms with Gasteiger partial charge in [0.25, 0.3) is 0 Å². The molecule has 0 aliphatic carbocycles. The molecule has 0 spiro atoms. The highest BCUT2D eigenvalue weighted by atomic mass is 19.1. The van der Waals surface area contributed by atoms with Crippen molar-refractivity contribution in [3.05, 3.63) is 23.0 Å². The molecule has 4 nitrogen and oxygen atoms in total. The number of phenols is 1. The fraction of sp³-hybridized carbons (Fsp3) is 0.571. The molecule has 0 aromatic heterocycles. The highest BCUT2D eigenvalue weighted by molar-refractivity contribution is 5.50. The second-order valence-electron chi connectivity index (χ2n) is 5.27. The Hall–Kier alpha value is -1.33. The minimum atomic E-state index is -0.472. The maximum Gasteiger partial charge on any atom is 0.197 e. The normalized spacial score (nSPS) is 23.8. The molecule has 19 heavy (non-hydrogen) atoms. The molecule has 1 heterocycles. The highest BCUT2D eigenvalue weighted by Crippen LogP contribution is 2.41. The van der Waals surface area contributed by atoms with Gasteiger partial charge in [-0.05, 0) is 44.5 Å². The average molecular weight is 268 g/mol. The number of nitrogens with two attached hydrogens (primary N) is 1. The maximum atomic E-state index is 14.4. The molecule has 1 aliphatic heterocycles. The van der Waals surface area contributed by atoms with Crippen molar-refractivity contribution in [2.45, 2.75) is 19.4 Å². The summed E-state index contributed by atoms with van der Waals surface area (Å²) in [5.74, 6) is -0.283. The smallest absolute Gasteiger partial charge is 0.197 e. The molecular weight excluding hydrogens is 247 g/mol. The van der Waals surface area contributed by atoms with Crippen molar-refractivity contribution in [1.29, 1.82) is 0 Å². The van der Waals surface area contributed by atoms with Gasteiger partial charge in [-0.2, -0.15) is 0 Å². The topological polar surface area (TPSA) is 58.7 Å². The van der Waals surface area contributed by atoms with Crippen LogP contribution >= 0.6 is 0 Å². The monoisotopic (exact) mass is 268 g/mol. The molecule has 2 rings (SSSR count). The highest BCUT2D eigenvalue weighted by Gasteiger charge is 2.33. The summed E-state index contributed by atoms with van der Waals surface area (Å²) in [6.07, 6.45) is 0.831. The first-order valence-corrected chi connectivity index (χ1v) is 6.45. The number of aromatic hydroxyl groups is 1. The van der Waals surface area contributed by atoms with Gasteiger partial charge in [0.05, 0.1) is 7.11 Å². The third-order valence-electron chi connectivity index (χ3n) is 3.94. The van der Waals surface area contributed by atoms with Crippen LogP contribution in [0, 0.1) is 18.7 Å². The van der Waals surface area contributed by atoms with Crippen LogP contribution in [0.5, 0.6) is 11.5 Å². The molecule has 0 saturated carbocycles. The van der Waals surface area contributed by atoms with Crippen LogP contribution in [0.15, 0.2) is 6.07 Å². The van der Waals surface area contributed by atoms with E-state index in [2.05, 4.69) is 4.90 Å². The van der Waals surface area contributed by atoms with Crippen molar-refractivity contribution in [3.63, 3.8) is 0 Å². The number of halogens is 1. The van der Waals surface area contributed by atoms with Crippen LogP contribution in [0.25, 0.3) is 0 Å². The largest absolute Gasteiger partial charge is 0.504 e. The predicted octanol–water partition coefficient (Wildman–Crippen LogP) is 1.80. The summed E-state index contributed by atoms with van der Waals surface area (Å²) in [5.41, 5.74) is 6.90. The van der Waals surface area contributed by atoms with Gasteiger partial charge >= 0.3 is 0 Å². The number of ether oxygens (including phenoxy) is 1. The Morgan fingerprint density at radius 1 is 1.58 bits per heavy atom. The van der Waals surface area contributed by atoms with E-state index in [-0.39, 0.29) is 17.5 Å². The number of nitrogens with zero attached hydrogens (tertiary/aromatic N) is 1. The summed E-state index contributed by atoms with van der Waals surface area (Å²) < 4.78 is 19.4. The summed E-state index contributed by atoms with van der Waals surface area (Å²) in [4.78, 5) is 2.10. The third-order valence-corrected chi connectivity index (χ3v) is 3.94. The molecule has 3 N–H and O–H groups in total. The molecule has 1 aromatic carbocycles. The molecule has 1 fully saturated rings. The summed E-state index contributed by atoms with van der Waals surface area (Å²) >= 11 is 0. The quantitative estimate of drug-likeness (QED) is 0.877. The van der Waals surface area contributed by atoms with Gasteiger partial charge in [-0.25, -0.2) is 4.39 Å². The van der Waals surface area contributed by atoms with Crippen molar-refractivity contribution in [1.82, 2.24) is 4.90 Å². The summed E-state index contributed by atoms with van der Waals surface area (Å²) in [6, 6.07) is 1.69. The Kier molecular flexibility index (Phi) is 3.96.